The van der Waals surface area contributed by atoms with E-state index in [1.165, 1.54) is 10.3 Å². The Labute approximate surface area is 186 Å². The highest BCUT2D eigenvalue weighted by Gasteiger charge is 2.13. The maximum Gasteiger partial charge on any atom is 0.262 e. The van der Waals surface area contributed by atoms with Gasteiger partial charge in [0.1, 0.15) is 5.75 Å². The molecule has 0 saturated carbocycles. The molecule has 0 unspecified atom stereocenters. The van der Waals surface area contributed by atoms with E-state index in [0.717, 1.165) is 28.2 Å². The first-order chi connectivity index (χ1) is 14.9. The van der Waals surface area contributed by atoms with Crippen molar-refractivity contribution in [3.05, 3.63) is 88.9 Å². The average Bonchev–Trinajstić information content (AvgIpc) is 3.16. The molecule has 158 valence electrons. The van der Waals surface area contributed by atoms with Crippen molar-refractivity contribution in [2.45, 2.75) is 32.6 Å². The van der Waals surface area contributed by atoms with Crippen LogP contribution in [0.2, 0.25) is 0 Å². The number of nitrogens with zero attached hydrogens (tertiary/aromatic N) is 1. The van der Waals surface area contributed by atoms with Gasteiger partial charge in [-0.3, -0.25) is 4.79 Å². The number of anilines is 1. The molecular formula is C26H26N2O2S. The van der Waals surface area contributed by atoms with Crippen molar-refractivity contribution in [2.75, 3.05) is 11.9 Å². The van der Waals surface area contributed by atoms with Crippen molar-refractivity contribution >= 4 is 33.1 Å². The number of hydrogen-bond donors (Lipinski definition) is 1. The van der Waals surface area contributed by atoms with E-state index in [9.17, 15) is 4.79 Å². The molecule has 5 heteroatoms. The zero-order valence-corrected chi connectivity index (χ0v) is 18.8. The molecule has 0 bridgehead atoms. The van der Waals surface area contributed by atoms with Gasteiger partial charge in [-0.2, -0.15) is 0 Å². The number of ether oxygens (including phenoxy) is 1. The van der Waals surface area contributed by atoms with Crippen LogP contribution in [0.5, 0.6) is 5.75 Å². The molecule has 1 amide bonds. The molecule has 1 heterocycles. The monoisotopic (exact) mass is 430 g/mol. The summed E-state index contributed by atoms with van der Waals surface area (Å²) in [5, 5.41) is 3.97. The summed E-state index contributed by atoms with van der Waals surface area (Å²) in [6.07, 6.45) is 0.779. The zero-order chi connectivity index (χ0) is 21.8. The number of thiazole rings is 1. The van der Waals surface area contributed by atoms with Gasteiger partial charge in [-0.25, -0.2) is 4.98 Å². The highest BCUT2D eigenvalue weighted by molar-refractivity contribution is 7.18. The lowest BCUT2D eigenvalue weighted by Gasteiger charge is -2.19. The number of carbonyl (C=O) groups is 1. The minimum atomic E-state index is -0.182. The van der Waals surface area contributed by atoms with E-state index in [1.807, 2.05) is 66.7 Å². The highest BCUT2D eigenvalue weighted by Crippen LogP contribution is 2.25. The van der Waals surface area contributed by atoms with Crippen LogP contribution in [0.1, 0.15) is 36.9 Å². The number of para-hydroxylation sites is 1. The van der Waals surface area contributed by atoms with Crippen LogP contribution in [-0.2, 0) is 16.6 Å². The third-order valence-corrected chi connectivity index (χ3v) is 6.06. The molecule has 0 fully saturated rings. The summed E-state index contributed by atoms with van der Waals surface area (Å²) in [5.41, 5.74) is 4.28. The average molecular weight is 431 g/mol. The fourth-order valence-corrected chi connectivity index (χ4v) is 4.27. The molecular weight excluding hydrogens is 404 g/mol. The number of nitrogens with one attached hydrogen (secondary N) is 1. The summed E-state index contributed by atoms with van der Waals surface area (Å²) in [5.74, 6) is 0.508. The van der Waals surface area contributed by atoms with Gasteiger partial charge in [-0.05, 0) is 52.9 Å². The van der Waals surface area contributed by atoms with Gasteiger partial charge in [0.2, 0.25) is 0 Å². The van der Waals surface area contributed by atoms with Crippen molar-refractivity contribution in [1.29, 1.82) is 0 Å². The number of aromatic nitrogens is 1. The molecule has 0 aliphatic rings. The summed E-state index contributed by atoms with van der Waals surface area (Å²) >= 11 is 1.72. The Kier molecular flexibility index (Phi) is 6.05. The van der Waals surface area contributed by atoms with Crippen LogP contribution in [-0.4, -0.2) is 17.5 Å². The highest BCUT2D eigenvalue weighted by atomic mass is 32.1. The second kappa shape index (κ2) is 8.90. The SMILES string of the molecule is CC(C)(C)c1ccc(OCC(=O)Nc2ccc(Cc3nc4ccccc4s3)cc2)cc1. The molecule has 0 atom stereocenters. The summed E-state index contributed by atoms with van der Waals surface area (Å²) in [6.45, 7) is 6.48. The summed E-state index contributed by atoms with van der Waals surface area (Å²) in [6, 6.07) is 23.9. The Morgan fingerprint density at radius 3 is 2.35 bits per heavy atom. The minimum absolute atomic E-state index is 0.0255. The molecule has 4 rings (SSSR count). The van der Waals surface area contributed by atoms with Crippen LogP contribution in [0.15, 0.2) is 72.8 Å². The van der Waals surface area contributed by atoms with E-state index in [4.69, 9.17) is 4.74 Å². The third-order valence-electron chi connectivity index (χ3n) is 5.02. The lowest BCUT2D eigenvalue weighted by atomic mass is 9.87. The smallest absolute Gasteiger partial charge is 0.262 e. The molecule has 1 aromatic heterocycles. The largest absolute Gasteiger partial charge is 0.484 e. The number of carbonyl (C=O) groups excluding carboxylic acids is 1. The molecule has 0 saturated heterocycles. The van der Waals surface area contributed by atoms with Crippen LogP contribution < -0.4 is 10.1 Å². The van der Waals surface area contributed by atoms with Gasteiger partial charge in [0.25, 0.3) is 5.91 Å². The standard InChI is InChI=1S/C26H26N2O2S/c1-26(2,3)19-10-14-21(15-11-19)30-17-24(29)27-20-12-8-18(9-13-20)16-25-28-22-6-4-5-7-23(22)31-25/h4-15H,16-17H2,1-3H3,(H,27,29). The first kappa shape index (κ1) is 21.1. The predicted octanol–water partition coefficient (Wildman–Crippen LogP) is 6.20. The summed E-state index contributed by atoms with van der Waals surface area (Å²) in [7, 11) is 0. The molecule has 31 heavy (non-hydrogen) atoms. The number of fused-ring (bicyclic) bond motifs is 1. The molecule has 4 nitrogen and oxygen atoms in total. The quantitative estimate of drug-likeness (QED) is 0.396. The maximum absolute atomic E-state index is 12.2. The second-order valence-corrected chi connectivity index (χ2v) is 9.68. The Bertz CT molecular complexity index is 1140. The molecule has 0 aliphatic carbocycles. The van der Waals surface area contributed by atoms with Gasteiger partial charge in [0.15, 0.2) is 6.61 Å². The van der Waals surface area contributed by atoms with E-state index < -0.39 is 0 Å². The van der Waals surface area contributed by atoms with Crippen LogP contribution in [0.25, 0.3) is 10.2 Å². The molecule has 1 N–H and O–H groups in total. The van der Waals surface area contributed by atoms with E-state index in [-0.39, 0.29) is 17.9 Å². The lowest BCUT2D eigenvalue weighted by molar-refractivity contribution is -0.118. The van der Waals surface area contributed by atoms with E-state index in [0.29, 0.717) is 5.75 Å². The van der Waals surface area contributed by atoms with Crippen molar-refractivity contribution in [2.24, 2.45) is 0 Å². The van der Waals surface area contributed by atoms with E-state index in [2.05, 4.69) is 37.1 Å². The van der Waals surface area contributed by atoms with Crippen LogP contribution in [0, 0.1) is 0 Å². The van der Waals surface area contributed by atoms with Gasteiger partial charge in [0, 0.05) is 12.1 Å². The van der Waals surface area contributed by atoms with Crippen molar-refractivity contribution < 1.29 is 9.53 Å². The zero-order valence-electron chi connectivity index (χ0n) is 18.0. The number of hydrogen-bond acceptors (Lipinski definition) is 4. The fourth-order valence-electron chi connectivity index (χ4n) is 3.27. The van der Waals surface area contributed by atoms with Gasteiger partial charge >= 0.3 is 0 Å². The number of benzene rings is 3. The molecule has 3 aromatic carbocycles. The Balaban J connectivity index is 1.29. The Morgan fingerprint density at radius 2 is 1.68 bits per heavy atom. The van der Waals surface area contributed by atoms with Gasteiger partial charge in [0.05, 0.1) is 15.2 Å². The topological polar surface area (TPSA) is 51.2 Å². The summed E-state index contributed by atoms with van der Waals surface area (Å²) < 4.78 is 6.82. The second-order valence-electron chi connectivity index (χ2n) is 8.56. The number of amides is 1. The van der Waals surface area contributed by atoms with Crippen molar-refractivity contribution in [3.8, 4) is 5.75 Å². The van der Waals surface area contributed by atoms with Gasteiger partial charge in [-0.15, -0.1) is 11.3 Å². The molecule has 0 aliphatic heterocycles. The lowest BCUT2D eigenvalue weighted by Crippen LogP contribution is -2.20. The van der Waals surface area contributed by atoms with Crippen molar-refractivity contribution in [3.63, 3.8) is 0 Å². The molecule has 4 aromatic rings. The first-order valence-corrected chi connectivity index (χ1v) is 11.1. The van der Waals surface area contributed by atoms with E-state index >= 15 is 0 Å². The van der Waals surface area contributed by atoms with Crippen LogP contribution in [0.3, 0.4) is 0 Å². The van der Waals surface area contributed by atoms with Crippen LogP contribution in [0.4, 0.5) is 5.69 Å². The minimum Gasteiger partial charge on any atom is -0.484 e. The maximum atomic E-state index is 12.2. The Hall–Kier alpha value is -3.18. The Morgan fingerprint density at radius 1 is 0.968 bits per heavy atom. The number of rotatable bonds is 6. The van der Waals surface area contributed by atoms with Crippen LogP contribution >= 0.6 is 11.3 Å². The third kappa shape index (κ3) is 5.50. The van der Waals surface area contributed by atoms with E-state index in [1.54, 1.807) is 11.3 Å². The van der Waals surface area contributed by atoms with Gasteiger partial charge < -0.3 is 10.1 Å². The summed E-state index contributed by atoms with van der Waals surface area (Å²) in [4.78, 5) is 16.9. The predicted molar refractivity (Wildman–Crippen MR) is 128 cm³/mol. The fraction of sp³-hybridized carbons (Fsp3) is 0.231. The normalized spacial score (nSPS) is 11.5. The molecule has 0 spiro atoms. The molecule has 0 radical (unpaired) electrons. The van der Waals surface area contributed by atoms with Gasteiger partial charge in [-0.1, -0.05) is 57.2 Å². The first-order valence-electron chi connectivity index (χ1n) is 10.3. The van der Waals surface area contributed by atoms with Crippen molar-refractivity contribution in [1.82, 2.24) is 4.98 Å².